The first-order valence-electron chi connectivity index (χ1n) is 9.36. The lowest BCUT2D eigenvalue weighted by atomic mass is 10.1. The molecular formula is C23H23ClN2O3S. The molecule has 0 aliphatic heterocycles. The van der Waals surface area contributed by atoms with E-state index < -0.39 is 10.0 Å². The highest BCUT2D eigenvalue weighted by Crippen LogP contribution is 2.27. The summed E-state index contributed by atoms with van der Waals surface area (Å²) in [6.45, 7) is 4.17. The summed E-state index contributed by atoms with van der Waals surface area (Å²) in [5.41, 5.74) is 3.52. The van der Waals surface area contributed by atoms with Gasteiger partial charge in [-0.2, -0.15) is 0 Å². The van der Waals surface area contributed by atoms with E-state index in [1.54, 1.807) is 13.1 Å². The maximum Gasteiger partial charge on any atom is 0.263 e. The second-order valence-electron chi connectivity index (χ2n) is 7.22. The maximum absolute atomic E-state index is 13.0. The monoisotopic (exact) mass is 442 g/mol. The highest BCUT2D eigenvalue weighted by atomic mass is 35.5. The molecule has 0 atom stereocenters. The first-order chi connectivity index (χ1) is 14.2. The Hall–Kier alpha value is -2.83. The van der Waals surface area contributed by atoms with Crippen LogP contribution in [0.3, 0.4) is 0 Å². The van der Waals surface area contributed by atoms with Crippen molar-refractivity contribution in [1.82, 2.24) is 4.90 Å². The number of benzene rings is 3. The molecule has 30 heavy (non-hydrogen) atoms. The second-order valence-corrected chi connectivity index (χ2v) is 9.27. The van der Waals surface area contributed by atoms with Crippen LogP contribution in [0.2, 0.25) is 5.02 Å². The molecule has 0 bridgehead atoms. The Morgan fingerprint density at radius 3 is 2.37 bits per heavy atom. The van der Waals surface area contributed by atoms with Crippen LogP contribution in [0.1, 0.15) is 27.0 Å². The van der Waals surface area contributed by atoms with Gasteiger partial charge in [0.1, 0.15) is 4.90 Å². The maximum atomic E-state index is 13.0. The molecule has 0 aromatic heterocycles. The number of carbonyl (C=O) groups is 1. The molecule has 1 N–H and O–H groups in total. The van der Waals surface area contributed by atoms with Crippen LogP contribution in [-0.2, 0) is 16.6 Å². The molecule has 1 amide bonds. The number of sulfonamides is 1. The van der Waals surface area contributed by atoms with Crippen molar-refractivity contribution in [3.8, 4) is 0 Å². The van der Waals surface area contributed by atoms with Crippen LogP contribution in [0.25, 0.3) is 0 Å². The van der Waals surface area contributed by atoms with E-state index in [1.165, 1.54) is 23.1 Å². The molecule has 0 saturated heterocycles. The Labute approximate surface area is 182 Å². The van der Waals surface area contributed by atoms with Crippen molar-refractivity contribution in [2.45, 2.75) is 25.3 Å². The molecule has 0 saturated carbocycles. The first-order valence-corrected chi connectivity index (χ1v) is 11.2. The van der Waals surface area contributed by atoms with Crippen LogP contribution in [0, 0.1) is 13.8 Å². The van der Waals surface area contributed by atoms with E-state index in [0.29, 0.717) is 12.2 Å². The van der Waals surface area contributed by atoms with Crippen molar-refractivity contribution in [2.24, 2.45) is 0 Å². The molecule has 0 aliphatic rings. The summed E-state index contributed by atoms with van der Waals surface area (Å²) in [6, 6.07) is 19.3. The third-order valence-electron chi connectivity index (χ3n) is 4.70. The van der Waals surface area contributed by atoms with Gasteiger partial charge in [-0.15, -0.1) is 0 Å². The van der Waals surface area contributed by atoms with Crippen LogP contribution < -0.4 is 4.72 Å². The SMILES string of the molecule is Cc1ccc(NS(=O)(=O)c2cc(C(=O)N(C)Cc3ccccc3)ccc2Cl)c(C)c1. The fraction of sp³-hybridized carbons (Fsp3) is 0.174. The van der Waals surface area contributed by atoms with Gasteiger partial charge < -0.3 is 4.90 Å². The number of hydrogen-bond acceptors (Lipinski definition) is 3. The summed E-state index contributed by atoms with van der Waals surface area (Å²) in [5.74, 6) is -0.293. The van der Waals surface area contributed by atoms with Gasteiger partial charge in [0, 0.05) is 19.2 Å². The predicted octanol–water partition coefficient (Wildman–Crippen LogP) is 5.03. The van der Waals surface area contributed by atoms with Crippen LogP contribution in [0.15, 0.2) is 71.6 Å². The molecule has 0 radical (unpaired) electrons. The van der Waals surface area contributed by atoms with E-state index in [0.717, 1.165) is 16.7 Å². The summed E-state index contributed by atoms with van der Waals surface area (Å²) in [5, 5.41) is 0.0505. The quantitative estimate of drug-likeness (QED) is 0.582. The largest absolute Gasteiger partial charge is 0.337 e. The number of aryl methyl sites for hydroxylation is 2. The number of carbonyl (C=O) groups excluding carboxylic acids is 1. The lowest BCUT2D eigenvalue weighted by Crippen LogP contribution is -2.26. The summed E-state index contributed by atoms with van der Waals surface area (Å²) in [4.78, 5) is 14.3. The number of nitrogens with zero attached hydrogens (tertiary/aromatic N) is 1. The minimum Gasteiger partial charge on any atom is -0.337 e. The number of halogens is 1. The Bertz CT molecular complexity index is 1180. The molecule has 156 valence electrons. The molecule has 0 unspecified atom stereocenters. The molecule has 5 nitrogen and oxygen atoms in total. The van der Waals surface area contributed by atoms with E-state index in [2.05, 4.69) is 4.72 Å². The molecule has 0 fully saturated rings. The summed E-state index contributed by atoms with van der Waals surface area (Å²) >= 11 is 6.18. The van der Waals surface area contributed by atoms with E-state index in [4.69, 9.17) is 11.6 Å². The fourth-order valence-electron chi connectivity index (χ4n) is 3.12. The van der Waals surface area contributed by atoms with Crippen molar-refractivity contribution < 1.29 is 13.2 Å². The number of anilines is 1. The summed E-state index contributed by atoms with van der Waals surface area (Å²) in [7, 11) is -2.30. The number of rotatable bonds is 6. The molecule has 3 aromatic carbocycles. The summed E-state index contributed by atoms with van der Waals surface area (Å²) < 4.78 is 28.5. The molecular weight excluding hydrogens is 420 g/mol. The lowest BCUT2D eigenvalue weighted by molar-refractivity contribution is 0.0785. The molecule has 0 aliphatic carbocycles. The Morgan fingerprint density at radius 1 is 1.00 bits per heavy atom. The molecule has 0 heterocycles. The normalized spacial score (nSPS) is 11.2. The molecule has 3 aromatic rings. The van der Waals surface area contributed by atoms with Crippen molar-refractivity contribution in [3.63, 3.8) is 0 Å². The van der Waals surface area contributed by atoms with E-state index in [1.807, 2.05) is 56.3 Å². The van der Waals surface area contributed by atoms with Gasteiger partial charge in [0.05, 0.1) is 10.7 Å². The van der Waals surface area contributed by atoms with Crippen molar-refractivity contribution in [1.29, 1.82) is 0 Å². The lowest BCUT2D eigenvalue weighted by Gasteiger charge is -2.18. The zero-order valence-corrected chi connectivity index (χ0v) is 18.6. The number of amides is 1. The average molecular weight is 443 g/mol. The zero-order valence-electron chi connectivity index (χ0n) is 17.0. The minimum absolute atomic E-state index is 0.0505. The molecule has 7 heteroatoms. The Morgan fingerprint density at radius 2 is 1.70 bits per heavy atom. The minimum atomic E-state index is -3.97. The van der Waals surface area contributed by atoms with Gasteiger partial charge in [0.25, 0.3) is 15.9 Å². The predicted molar refractivity (Wildman–Crippen MR) is 120 cm³/mol. The van der Waals surface area contributed by atoms with Gasteiger partial charge in [-0.3, -0.25) is 9.52 Å². The topological polar surface area (TPSA) is 66.5 Å². The van der Waals surface area contributed by atoms with Gasteiger partial charge in [-0.1, -0.05) is 59.6 Å². The molecule has 0 spiro atoms. The average Bonchev–Trinajstić information content (AvgIpc) is 2.70. The smallest absolute Gasteiger partial charge is 0.263 e. The van der Waals surface area contributed by atoms with Gasteiger partial charge in [-0.05, 0) is 49.2 Å². The summed E-state index contributed by atoms with van der Waals surface area (Å²) in [6.07, 6.45) is 0. The Kier molecular flexibility index (Phi) is 6.48. The number of nitrogens with one attached hydrogen (secondary N) is 1. The van der Waals surface area contributed by atoms with E-state index in [-0.39, 0.29) is 21.4 Å². The van der Waals surface area contributed by atoms with Gasteiger partial charge in [0.15, 0.2) is 0 Å². The third kappa shape index (κ3) is 5.01. The van der Waals surface area contributed by atoms with Crippen LogP contribution >= 0.6 is 11.6 Å². The first kappa shape index (κ1) is 21.9. The van der Waals surface area contributed by atoms with E-state index in [9.17, 15) is 13.2 Å². The van der Waals surface area contributed by atoms with Crippen molar-refractivity contribution >= 4 is 33.2 Å². The fourth-order valence-corrected chi connectivity index (χ4v) is 4.78. The van der Waals surface area contributed by atoms with Crippen LogP contribution in [0.5, 0.6) is 0 Å². The molecule has 3 rings (SSSR count). The second kappa shape index (κ2) is 8.90. The zero-order chi connectivity index (χ0) is 21.9. The third-order valence-corrected chi connectivity index (χ3v) is 6.55. The van der Waals surface area contributed by atoms with Gasteiger partial charge >= 0.3 is 0 Å². The number of hydrogen-bond donors (Lipinski definition) is 1. The van der Waals surface area contributed by atoms with Crippen LogP contribution in [0.4, 0.5) is 5.69 Å². The standard InChI is InChI=1S/C23H23ClN2O3S/c1-16-9-12-21(17(2)13-16)25-30(28,29)22-14-19(10-11-20(22)24)23(27)26(3)15-18-7-5-4-6-8-18/h4-14,25H,15H2,1-3H3. The van der Waals surface area contributed by atoms with Crippen LogP contribution in [-0.4, -0.2) is 26.3 Å². The van der Waals surface area contributed by atoms with Crippen molar-refractivity contribution in [2.75, 3.05) is 11.8 Å². The highest BCUT2D eigenvalue weighted by Gasteiger charge is 2.22. The van der Waals surface area contributed by atoms with Crippen molar-refractivity contribution in [3.05, 3.63) is 94.0 Å². The van der Waals surface area contributed by atoms with Gasteiger partial charge in [-0.25, -0.2) is 8.42 Å². The highest BCUT2D eigenvalue weighted by molar-refractivity contribution is 7.92. The Balaban J connectivity index is 1.87. The van der Waals surface area contributed by atoms with E-state index >= 15 is 0 Å². The van der Waals surface area contributed by atoms with Gasteiger partial charge in [0.2, 0.25) is 0 Å².